The Morgan fingerprint density at radius 3 is 2.48 bits per heavy atom. The summed E-state index contributed by atoms with van der Waals surface area (Å²) in [6.07, 6.45) is 1.02. The van der Waals surface area contributed by atoms with Crippen LogP contribution in [-0.2, 0) is 17.6 Å². The highest BCUT2D eigenvalue weighted by Crippen LogP contribution is 2.14. The van der Waals surface area contributed by atoms with Crippen LogP contribution in [0.3, 0.4) is 0 Å². The predicted molar refractivity (Wildman–Crippen MR) is 85.5 cm³/mol. The van der Waals surface area contributed by atoms with E-state index in [4.69, 9.17) is 5.11 Å². The van der Waals surface area contributed by atoms with E-state index in [1.165, 1.54) is 0 Å². The van der Waals surface area contributed by atoms with E-state index < -0.39 is 0 Å². The van der Waals surface area contributed by atoms with Crippen molar-refractivity contribution in [2.24, 2.45) is 0 Å². The summed E-state index contributed by atoms with van der Waals surface area (Å²) in [5.41, 5.74) is 5.20. The summed E-state index contributed by atoms with van der Waals surface area (Å²) in [7, 11) is 0. The number of carbonyl (C=O) groups excluding carboxylic acids is 1. The third-order valence-electron chi connectivity index (χ3n) is 3.49. The Labute approximate surface area is 125 Å². The van der Waals surface area contributed by atoms with Gasteiger partial charge in [-0.25, -0.2) is 0 Å². The lowest BCUT2D eigenvalue weighted by Gasteiger charge is -2.09. The molecule has 110 valence electrons. The summed E-state index contributed by atoms with van der Waals surface area (Å²) >= 11 is 0. The van der Waals surface area contributed by atoms with E-state index in [0.717, 1.165) is 27.9 Å². The molecule has 0 saturated carbocycles. The van der Waals surface area contributed by atoms with Gasteiger partial charge in [0, 0.05) is 12.3 Å². The first kappa shape index (κ1) is 15.3. The first-order valence-electron chi connectivity index (χ1n) is 7.14. The molecular formula is C18H21NO2. The molecule has 0 unspecified atom stereocenters. The second kappa shape index (κ2) is 7.04. The molecule has 2 aromatic rings. The van der Waals surface area contributed by atoms with Gasteiger partial charge in [0.05, 0.1) is 6.42 Å². The van der Waals surface area contributed by atoms with Crippen LogP contribution in [-0.4, -0.2) is 17.6 Å². The van der Waals surface area contributed by atoms with Crippen LogP contribution in [0.25, 0.3) is 0 Å². The Bertz CT molecular complexity index is 618. The summed E-state index contributed by atoms with van der Waals surface area (Å²) in [6.45, 7) is 4.19. The molecule has 0 atom stereocenters. The molecule has 0 aliphatic heterocycles. The van der Waals surface area contributed by atoms with Crippen LogP contribution in [0.5, 0.6) is 0 Å². The lowest BCUT2D eigenvalue weighted by Crippen LogP contribution is -2.15. The molecule has 0 saturated heterocycles. The van der Waals surface area contributed by atoms with E-state index in [2.05, 4.69) is 17.4 Å². The Hall–Kier alpha value is -2.13. The number of aliphatic hydroxyl groups is 1. The highest BCUT2D eigenvalue weighted by Gasteiger charge is 2.07. The van der Waals surface area contributed by atoms with Crippen LogP contribution in [0.2, 0.25) is 0 Å². The maximum atomic E-state index is 12.1. The molecule has 0 spiro atoms. The minimum Gasteiger partial charge on any atom is -0.396 e. The van der Waals surface area contributed by atoms with E-state index in [9.17, 15) is 4.79 Å². The standard InChI is InChI=1S/C18H21NO2/c1-13-3-4-14(2)16(11-13)12-18(21)19-17-7-5-15(6-8-17)9-10-20/h3-8,11,20H,9-10,12H2,1-2H3,(H,19,21). The zero-order valence-corrected chi connectivity index (χ0v) is 12.5. The van der Waals surface area contributed by atoms with Crippen LogP contribution in [0, 0.1) is 13.8 Å². The highest BCUT2D eigenvalue weighted by atomic mass is 16.2. The molecule has 0 bridgehead atoms. The monoisotopic (exact) mass is 283 g/mol. The number of benzene rings is 2. The molecule has 0 aliphatic carbocycles. The largest absolute Gasteiger partial charge is 0.396 e. The number of aliphatic hydroxyl groups excluding tert-OH is 1. The quantitative estimate of drug-likeness (QED) is 0.886. The van der Waals surface area contributed by atoms with Gasteiger partial charge in [-0.15, -0.1) is 0 Å². The maximum absolute atomic E-state index is 12.1. The zero-order valence-electron chi connectivity index (χ0n) is 12.5. The van der Waals surface area contributed by atoms with E-state index >= 15 is 0 Å². The fourth-order valence-electron chi connectivity index (χ4n) is 2.25. The van der Waals surface area contributed by atoms with E-state index in [1.54, 1.807) is 0 Å². The van der Waals surface area contributed by atoms with E-state index in [1.807, 2.05) is 44.2 Å². The summed E-state index contributed by atoms with van der Waals surface area (Å²) in [5, 5.41) is 11.8. The van der Waals surface area contributed by atoms with Gasteiger partial charge in [0.1, 0.15) is 0 Å². The van der Waals surface area contributed by atoms with E-state index in [0.29, 0.717) is 12.8 Å². The lowest BCUT2D eigenvalue weighted by atomic mass is 10.0. The van der Waals surface area contributed by atoms with Crippen molar-refractivity contribution in [3.8, 4) is 0 Å². The first-order valence-corrected chi connectivity index (χ1v) is 7.14. The van der Waals surface area contributed by atoms with Gasteiger partial charge in [-0.3, -0.25) is 4.79 Å². The van der Waals surface area contributed by atoms with Crippen molar-refractivity contribution in [2.75, 3.05) is 11.9 Å². The molecule has 0 aromatic heterocycles. The number of hydrogen-bond donors (Lipinski definition) is 2. The van der Waals surface area contributed by atoms with Crippen molar-refractivity contribution >= 4 is 11.6 Å². The lowest BCUT2D eigenvalue weighted by molar-refractivity contribution is -0.115. The molecule has 1 amide bonds. The second-order valence-electron chi connectivity index (χ2n) is 5.33. The van der Waals surface area contributed by atoms with Crippen molar-refractivity contribution in [1.82, 2.24) is 0 Å². The highest BCUT2D eigenvalue weighted by molar-refractivity contribution is 5.92. The molecule has 0 radical (unpaired) electrons. The SMILES string of the molecule is Cc1ccc(C)c(CC(=O)Nc2ccc(CCO)cc2)c1. The fraction of sp³-hybridized carbons (Fsp3) is 0.278. The number of rotatable bonds is 5. The molecule has 3 nitrogen and oxygen atoms in total. The molecule has 3 heteroatoms. The van der Waals surface area contributed by atoms with Crippen molar-refractivity contribution in [1.29, 1.82) is 0 Å². The third-order valence-corrected chi connectivity index (χ3v) is 3.49. The van der Waals surface area contributed by atoms with Crippen LogP contribution in [0.15, 0.2) is 42.5 Å². The predicted octanol–water partition coefficient (Wildman–Crippen LogP) is 3.02. The normalized spacial score (nSPS) is 10.4. The van der Waals surface area contributed by atoms with Crippen LogP contribution < -0.4 is 5.32 Å². The number of amides is 1. The second-order valence-corrected chi connectivity index (χ2v) is 5.33. The maximum Gasteiger partial charge on any atom is 0.228 e. The number of anilines is 1. The minimum atomic E-state index is -0.0152. The number of nitrogens with one attached hydrogen (secondary N) is 1. The van der Waals surface area contributed by atoms with Gasteiger partial charge in [-0.1, -0.05) is 35.9 Å². The van der Waals surface area contributed by atoms with Gasteiger partial charge in [0.15, 0.2) is 0 Å². The van der Waals surface area contributed by atoms with Crippen molar-refractivity contribution in [3.63, 3.8) is 0 Å². The van der Waals surface area contributed by atoms with Gasteiger partial charge in [0.2, 0.25) is 5.91 Å². The van der Waals surface area contributed by atoms with Gasteiger partial charge >= 0.3 is 0 Å². The smallest absolute Gasteiger partial charge is 0.228 e. The molecule has 0 aliphatic rings. The van der Waals surface area contributed by atoms with Crippen molar-refractivity contribution < 1.29 is 9.90 Å². The molecule has 0 fully saturated rings. The van der Waals surface area contributed by atoms with Gasteiger partial charge in [-0.2, -0.15) is 0 Å². The summed E-state index contributed by atoms with van der Waals surface area (Å²) in [5.74, 6) is -0.0152. The molecule has 0 heterocycles. The summed E-state index contributed by atoms with van der Waals surface area (Å²) in [6, 6.07) is 13.7. The van der Waals surface area contributed by atoms with Crippen LogP contribution >= 0.6 is 0 Å². The topological polar surface area (TPSA) is 49.3 Å². The molecule has 2 rings (SSSR count). The summed E-state index contributed by atoms with van der Waals surface area (Å²) in [4.78, 5) is 12.1. The Morgan fingerprint density at radius 2 is 1.81 bits per heavy atom. The van der Waals surface area contributed by atoms with Crippen molar-refractivity contribution in [3.05, 3.63) is 64.7 Å². The fourth-order valence-corrected chi connectivity index (χ4v) is 2.25. The number of hydrogen-bond acceptors (Lipinski definition) is 2. The third kappa shape index (κ3) is 4.43. The van der Waals surface area contributed by atoms with Crippen LogP contribution in [0.4, 0.5) is 5.69 Å². The average Bonchev–Trinajstić information content (AvgIpc) is 2.45. The molecule has 2 N–H and O–H groups in total. The molecule has 21 heavy (non-hydrogen) atoms. The van der Waals surface area contributed by atoms with Crippen LogP contribution in [0.1, 0.15) is 22.3 Å². The Balaban J connectivity index is 1.99. The number of aryl methyl sites for hydroxylation is 2. The van der Waals surface area contributed by atoms with Gasteiger partial charge in [0.25, 0.3) is 0 Å². The average molecular weight is 283 g/mol. The molecule has 2 aromatic carbocycles. The number of carbonyl (C=O) groups is 1. The summed E-state index contributed by atoms with van der Waals surface area (Å²) < 4.78 is 0. The molecular weight excluding hydrogens is 262 g/mol. The minimum absolute atomic E-state index is 0.0152. The van der Waals surface area contributed by atoms with Gasteiger partial charge in [-0.05, 0) is 49.1 Å². The Morgan fingerprint density at radius 1 is 1.10 bits per heavy atom. The zero-order chi connectivity index (χ0) is 15.2. The van der Waals surface area contributed by atoms with Gasteiger partial charge < -0.3 is 10.4 Å². The van der Waals surface area contributed by atoms with E-state index in [-0.39, 0.29) is 12.5 Å². The van der Waals surface area contributed by atoms with Crippen molar-refractivity contribution in [2.45, 2.75) is 26.7 Å². The first-order chi connectivity index (χ1) is 10.1. The Kier molecular flexibility index (Phi) is 5.12.